The Bertz CT molecular complexity index is 869. The zero-order chi connectivity index (χ0) is 20.0. The third-order valence-corrected chi connectivity index (χ3v) is 6.17. The molecule has 8 heteroatoms. The lowest BCUT2D eigenvalue weighted by molar-refractivity contribution is -1.02. The zero-order valence-electron chi connectivity index (χ0n) is 16.0. The second-order valence-corrected chi connectivity index (χ2v) is 8.73. The van der Waals surface area contributed by atoms with E-state index in [1.54, 1.807) is 37.4 Å². The highest BCUT2D eigenvalue weighted by atomic mass is 32.2. The average Bonchev–Trinajstić information content (AvgIpc) is 2.68. The van der Waals surface area contributed by atoms with Gasteiger partial charge in [-0.25, -0.2) is 4.39 Å². The van der Waals surface area contributed by atoms with Crippen molar-refractivity contribution in [1.82, 2.24) is 0 Å². The topological polar surface area (TPSA) is 61.5 Å². The van der Waals surface area contributed by atoms with E-state index in [2.05, 4.69) is 0 Å². The molecule has 2 N–H and O–H groups in total. The Kier molecular flexibility index (Phi) is 6.88. The summed E-state index contributed by atoms with van der Waals surface area (Å²) in [4.78, 5) is 2.59. The van der Waals surface area contributed by atoms with Crippen LogP contribution >= 0.6 is 0 Å². The molecule has 0 radical (unpaired) electrons. The summed E-state index contributed by atoms with van der Waals surface area (Å²) < 4.78 is 48.3. The molecule has 1 fully saturated rings. The number of hydrogen-bond donors (Lipinski definition) is 2. The normalized spacial score (nSPS) is 19.9. The summed E-state index contributed by atoms with van der Waals surface area (Å²) in [7, 11) is -2.01. The fourth-order valence-electron chi connectivity index (χ4n) is 3.47. The van der Waals surface area contributed by atoms with Crippen LogP contribution in [0.4, 0.5) is 4.39 Å². The maximum Gasteiger partial charge on any atom is 0.314 e. The fourth-order valence-corrected chi connectivity index (χ4v) is 4.50. The van der Waals surface area contributed by atoms with Crippen LogP contribution in [0.25, 0.3) is 0 Å². The van der Waals surface area contributed by atoms with Gasteiger partial charge in [0.1, 0.15) is 55.8 Å². The number of methoxy groups -OCH3 is 1. The molecule has 152 valence electrons. The molecule has 1 heterocycles. The minimum atomic E-state index is -3.60. The predicted molar refractivity (Wildman–Crippen MR) is 104 cm³/mol. The second-order valence-electron chi connectivity index (χ2n) is 7.04. The zero-order valence-corrected chi connectivity index (χ0v) is 16.8. The van der Waals surface area contributed by atoms with Crippen molar-refractivity contribution in [1.29, 1.82) is 0 Å². The minimum absolute atomic E-state index is 0.00964. The molecule has 1 aliphatic heterocycles. The lowest BCUT2D eigenvalue weighted by Crippen LogP contribution is -3.27. The van der Waals surface area contributed by atoms with Gasteiger partial charge in [0, 0.05) is 0 Å². The molecular formula is C20H27FN2O4S+2. The van der Waals surface area contributed by atoms with Crippen molar-refractivity contribution in [2.24, 2.45) is 0 Å². The summed E-state index contributed by atoms with van der Waals surface area (Å²) >= 11 is 0. The van der Waals surface area contributed by atoms with E-state index < -0.39 is 10.1 Å². The van der Waals surface area contributed by atoms with Gasteiger partial charge in [-0.1, -0.05) is 18.2 Å². The Balaban J connectivity index is 1.46. The summed E-state index contributed by atoms with van der Waals surface area (Å²) in [6, 6.07) is 13.1. The molecule has 0 atom stereocenters. The number of quaternary nitrogens is 2. The van der Waals surface area contributed by atoms with Gasteiger partial charge < -0.3 is 18.7 Å². The molecule has 0 spiro atoms. The first kappa shape index (κ1) is 20.6. The van der Waals surface area contributed by atoms with Crippen molar-refractivity contribution >= 4 is 10.1 Å². The first-order valence-electron chi connectivity index (χ1n) is 9.42. The Morgan fingerprint density at radius 1 is 1.00 bits per heavy atom. The second kappa shape index (κ2) is 9.36. The molecule has 3 rings (SSSR count). The monoisotopic (exact) mass is 410 g/mol. The van der Waals surface area contributed by atoms with Crippen LogP contribution in [0.15, 0.2) is 48.5 Å². The first-order valence-corrected chi connectivity index (χ1v) is 11.0. The van der Waals surface area contributed by atoms with E-state index in [1.165, 1.54) is 21.9 Å². The van der Waals surface area contributed by atoms with Gasteiger partial charge in [0.15, 0.2) is 0 Å². The molecule has 0 amide bonds. The molecule has 0 aliphatic carbocycles. The van der Waals surface area contributed by atoms with Gasteiger partial charge in [-0.3, -0.25) is 0 Å². The molecule has 0 aromatic heterocycles. The lowest BCUT2D eigenvalue weighted by atomic mass is 10.1. The minimum Gasteiger partial charge on any atom is -0.496 e. The Morgan fingerprint density at radius 2 is 1.68 bits per heavy atom. The van der Waals surface area contributed by atoms with Gasteiger partial charge in [0.05, 0.1) is 19.2 Å². The van der Waals surface area contributed by atoms with E-state index in [1.807, 2.05) is 6.07 Å². The molecule has 2 aromatic carbocycles. The van der Waals surface area contributed by atoms with Crippen LogP contribution in [0.3, 0.4) is 0 Å². The van der Waals surface area contributed by atoms with Crippen LogP contribution in [0.1, 0.15) is 5.56 Å². The standard InChI is InChI=1S/C20H25FN2O4S/c1-26-20-8-7-18(21)15-17(20)16-23-11-9-22(10-12-23)13-14-28(24,25)27-19-5-3-2-4-6-19/h2-8,15H,9-14,16H2,1H3/p+2. The Labute approximate surface area is 165 Å². The third kappa shape index (κ3) is 5.92. The van der Waals surface area contributed by atoms with Crippen molar-refractivity contribution < 1.29 is 31.5 Å². The lowest BCUT2D eigenvalue weighted by Gasteiger charge is -2.29. The number of ether oxygens (including phenoxy) is 1. The summed E-state index contributed by atoms with van der Waals surface area (Å²) in [6.07, 6.45) is 0. The van der Waals surface area contributed by atoms with E-state index in [0.29, 0.717) is 24.6 Å². The average molecular weight is 411 g/mol. The van der Waals surface area contributed by atoms with Crippen molar-refractivity contribution in [3.63, 3.8) is 0 Å². The van der Waals surface area contributed by atoms with Crippen LogP contribution in [0.2, 0.25) is 0 Å². The number of benzene rings is 2. The molecule has 2 aromatic rings. The van der Waals surface area contributed by atoms with Gasteiger partial charge in [-0.15, -0.1) is 0 Å². The molecule has 6 nitrogen and oxygen atoms in total. The number of halogens is 1. The highest BCUT2D eigenvalue weighted by Gasteiger charge is 2.26. The molecular weight excluding hydrogens is 383 g/mol. The molecule has 0 saturated carbocycles. The quantitative estimate of drug-likeness (QED) is 0.578. The van der Waals surface area contributed by atoms with Crippen molar-refractivity contribution in [2.75, 3.05) is 45.6 Å². The van der Waals surface area contributed by atoms with Crippen molar-refractivity contribution in [3.05, 3.63) is 59.9 Å². The maximum atomic E-state index is 13.5. The smallest absolute Gasteiger partial charge is 0.314 e. The summed E-state index contributed by atoms with van der Waals surface area (Å²) in [5.74, 6) is 0.774. The molecule has 1 aliphatic rings. The predicted octanol–water partition coefficient (Wildman–Crippen LogP) is -0.473. The van der Waals surface area contributed by atoms with Gasteiger partial charge >= 0.3 is 10.1 Å². The van der Waals surface area contributed by atoms with E-state index in [-0.39, 0.29) is 11.6 Å². The Hall–Kier alpha value is -2.16. The fraction of sp³-hybridized carbons (Fsp3) is 0.400. The molecule has 0 bridgehead atoms. The number of hydrogen-bond acceptors (Lipinski definition) is 4. The largest absolute Gasteiger partial charge is 0.496 e. The summed E-state index contributed by atoms with van der Waals surface area (Å²) in [6.45, 7) is 4.75. The summed E-state index contributed by atoms with van der Waals surface area (Å²) in [5, 5.41) is 0. The molecule has 1 saturated heterocycles. The van der Waals surface area contributed by atoms with Gasteiger partial charge in [-0.2, -0.15) is 8.42 Å². The van der Waals surface area contributed by atoms with Gasteiger partial charge in [0.2, 0.25) is 0 Å². The van der Waals surface area contributed by atoms with Crippen LogP contribution in [0, 0.1) is 5.82 Å². The van der Waals surface area contributed by atoms with E-state index in [9.17, 15) is 12.8 Å². The van der Waals surface area contributed by atoms with E-state index in [4.69, 9.17) is 8.92 Å². The summed E-state index contributed by atoms with van der Waals surface area (Å²) in [5.41, 5.74) is 0.861. The van der Waals surface area contributed by atoms with Crippen LogP contribution in [-0.2, 0) is 16.7 Å². The number of para-hydroxylation sites is 1. The highest BCUT2D eigenvalue weighted by molar-refractivity contribution is 7.87. The first-order chi connectivity index (χ1) is 13.4. The van der Waals surface area contributed by atoms with Crippen molar-refractivity contribution in [3.8, 4) is 11.5 Å². The molecule has 0 unspecified atom stereocenters. The third-order valence-electron chi connectivity index (χ3n) is 5.02. The van der Waals surface area contributed by atoms with Gasteiger partial charge in [-0.05, 0) is 30.3 Å². The van der Waals surface area contributed by atoms with E-state index in [0.717, 1.165) is 31.7 Å². The van der Waals surface area contributed by atoms with Crippen LogP contribution in [0.5, 0.6) is 11.5 Å². The van der Waals surface area contributed by atoms with E-state index >= 15 is 0 Å². The van der Waals surface area contributed by atoms with Crippen molar-refractivity contribution in [2.45, 2.75) is 6.54 Å². The van der Waals surface area contributed by atoms with Crippen LogP contribution in [-0.4, -0.2) is 54.0 Å². The maximum absolute atomic E-state index is 13.5. The number of rotatable bonds is 8. The van der Waals surface area contributed by atoms with Crippen LogP contribution < -0.4 is 18.7 Å². The number of piperazine rings is 1. The molecule has 28 heavy (non-hydrogen) atoms. The SMILES string of the molecule is COc1ccc(F)cc1C[NH+]1CC[NH+](CCS(=O)(=O)Oc2ccccc2)CC1. The van der Waals surface area contributed by atoms with Gasteiger partial charge in [0.25, 0.3) is 0 Å². The Morgan fingerprint density at radius 3 is 2.36 bits per heavy atom. The number of nitrogens with one attached hydrogen (secondary N) is 2. The highest BCUT2D eigenvalue weighted by Crippen LogP contribution is 2.18.